The van der Waals surface area contributed by atoms with Crippen molar-refractivity contribution in [1.82, 2.24) is 0 Å². The van der Waals surface area contributed by atoms with Gasteiger partial charge in [-0.05, 0) is 6.42 Å². The van der Waals surface area contributed by atoms with Crippen molar-refractivity contribution < 1.29 is 9.90 Å². The molecule has 0 aliphatic heterocycles. The van der Waals surface area contributed by atoms with Crippen molar-refractivity contribution in [1.29, 1.82) is 0 Å². The Bertz CT molecular complexity index is 115. The number of hydrogen-bond donors (Lipinski definition) is 0. The SMILES string of the molecule is CCCCCC(Cl)CC([O])=O. The molecule has 0 saturated heterocycles. The first-order valence-corrected chi connectivity index (χ1v) is 4.44. The van der Waals surface area contributed by atoms with E-state index in [1.807, 2.05) is 0 Å². The van der Waals surface area contributed by atoms with Gasteiger partial charge in [-0.1, -0.05) is 26.2 Å². The van der Waals surface area contributed by atoms with Gasteiger partial charge in [0, 0.05) is 5.38 Å². The lowest BCUT2D eigenvalue weighted by Crippen LogP contribution is -2.05. The average molecular weight is 178 g/mol. The Morgan fingerprint density at radius 3 is 2.55 bits per heavy atom. The summed E-state index contributed by atoms with van der Waals surface area (Å²) in [5.41, 5.74) is 0. The molecule has 0 spiro atoms. The second-order valence-electron chi connectivity index (χ2n) is 2.67. The fourth-order valence-corrected chi connectivity index (χ4v) is 1.18. The first kappa shape index (κ1) is 10.8. The summed E-state index contributed by atoms with van der Waals surface area (Å²) < 4.78 is 0. The van der Waals surface area contributed by atoms with Crippen molar-refractivity contribution in [2.75, 3.05) is 0 Å². The molecule has 0 aliphatic carbocycles. The van der Waals surface area contributed by atoms with Crippen LogP contribution in [0.2, 0.25) is 0 Å². The molecule has 0 rings (SSSR count). The quantitative estimate of drug-likeness (QED) is 0.454. The lowest BCUT2D eigenvalue weighted by Gasteiger charge is -2.03. The molecular weight excluding hydrogens is 164 g/mol. The van der Waals surface area contributed by atoms with Crippen LogP contribution in [-0.4, -0.2) is 11.3 Å². The van der Waals surface area contributed by atoms with Gasteiger partial charge in [0.25, 0.3) is 0 Å². The van der Waals surface area contributed by atoms with Crippen molar-refractivity contribution >= 4 is 17.6 Å². The van der Waals surface area contributed by atoms with Crippen molar-refractivity contribution in [2.24, 2.45) is 0 Å². The number of unbranched alkanes of at least 4 members (excludes halogenated alkanes) is 2. The maximum absolute atomic E-state index is 10.0. The van der Waals surface area contributed by atoms with E-state index in [0.29, 0.717) is 0 Å². The summed E-state index contributed by atoms with van der Waals surface area (Å²) in [5.74, 6) is -1.05. The maximum Gasteiger partial charge on any atom is 0.357 e. The lowest BCUT2D eigenvalue weighted by atomic mass is 10.1. The molecule has 1 unspecified atom stereocenters. The number of carbonyl (C=O) groups excluding carboxylic acids is 1. The van der Waals surface area contributed by atoms with E-state index >= 15 is 0 Å². The zero-order valence-electron chi connectivity index (χ0n) is 6.81. The smallest absolute Gasteiger partial charge is 0.247 e. The molecule has 0 amide bonds. The fraction of sp³-hybridized carbons (Fsp3) is 0.875. The molecule has 0 aromatic heterocycles. The Hall–Kier alpha value is -0.240. The zero-order chi connectivity index (χ0) is 8.69. The molecule has 1 atom stereocenters. The summed E-state index contributed by atoms with van der Waals surface area (Å²) in [6.07, 6.45) is 4.03. The number of carbonyl (C=O) groups is 1. The van der Waals surface area contributed by atoms with Gasteiger partial charge < -0.3 is 0 Å². The van der Waals surface area contributed by atoms with Crippen LogP contribution in [0.4, 0.5) is 0 Å². The Labute approximate surface area is 72.6 Å². The summed E-state index contributed by atoms with van der Waals surface area (Å²) in [6.45, 7) is 2.10. The van der Waals surface area contributed by atoms with E-state index in [1.165, 1.54) is 0 Å². The van der Waals surface area contributed by atoms with Crippen LogP contribution < -0.4 is 0 Å². The lowest BCUT2D eigenvalue weighted by molar-refractivity contribution is -0.143. The van der Waals surface area contributed by atoms with Gasteiger partial charge in [-0.2, -0.15) is 0 Å². The van der Waals surface area contributed by atoms with Crippen molar-refractivity contribution in [3.8, 4) is 0 Å². The topological polar surface area (TPSA) is 37.0 Å². The van der Waals surface area contributed by atoms with Gasteiger partial charge in [0.15, 0.2) is 0 Å². The predicted octanol–water partition coefficient (Wildman–Crippen LogP) is 2.52. The standard InChI is InChI=1S/C8H14ClO2/c1-2-3-4-5-7(9)6-8(10)11/h7H,2-6H2,1H3. The maximum atomic E-state index is 10.0. The first-order valence-electron chi connectivity index (χ1n) is 4.00. The van der Waals surface area contributed by atoms with E-state index in [-0.39, 0.29) is 11.8 Å². The van der Waals surface area contributed by atoms with Crippen LogP contribution in [0.3, 0.4) is 0 Å². The average Bonchev–Trinajstić information content (AvgIpc) is 1.86. The Morgan fingerprint density at radius 1 is 1.45 bits per heavy atom. The van der Waals surface area contributed by atoms with Crippen molar-refractivity contribution in [2.45, 2.75) is 44.4 Å². The van der Waals surface area contributed by atoms with Crippen LogP contribution in [0.1, 0.15) is 39.0 Å². The highest BCUT2D eigenvalue weighted by Crippen LogP contribution is 2.12. The van der Waals surface area contributed by atoms with E-state index in [9.17, 15) is 9.90 Å². The molecule has 0 aromatic rings. The highest BCUT2D eigenvalue weighted by molar-refractivity contribution is 6.21. The normalized spacial score (nSPS) is 12.9. The van der Waals surface area contributed by atoms with Gasteiger partial charge in [0.05, 0.1) is 6.42 Å². The molecule has 0 bridgehead atoms. The molecule has 0 heterocycles. The number of hydrogen-bond acceptors (Lipinski definition) is 1. The number of halogens is 1. The molecule has 3 heteroatoms. The molecule has 0 fully saturated rings. The highest BCUT2D eigenvalue weighted by Gasteiger charge is 2.09. The van der Waals surface area contributed by atoms with Crippen LogP contribution in [0.25, 0.3) is 0 Å². The molecule has 0 aliphatic rings. The van der Waals surface area contributed by atoms with Gasteiger partial charge in [-0.3, -0.25) is 0 Å². The zero-order valence-corrected chi connectivity index (χ0v) is 7.56. The Morgan fingerprint density at radius 2 is 2.09 bits per heavy atom. The summed E-state index contributed by atoms with van der Waals surface area (Å²) in [7, 11) is 0. The Balaban J connectivity index is 3.22. The van der Waals surface area contributed by atoms with Crippen molar-refractivity contribution in [3.05, 3.63) is 0 Å². The summed E-state index contributed by atoms with van der Waals surface area (Å²) >= 11 is 5.69. The monoisotopic (exact) mass is 177 g/mol. The van der Waals surface area contributed by atoms with E-state index in [1.54, 1.807) is 0 Å². The minimum absolute atomic E-state index is 0.0225. The van der Waals surface area contributed by atoms with E-state index < -0.39 is 5.97 Å². The first-order chi connectivity index (χ1) is 5.16. The van der Waals surface area contributed by atoms with E-state index in [0.717, 1.165) is 25.7 Å². The van der Waals surface area contributed by atoms with Gasteiger partial charge in [0.2, 0.25) is 0 Å². The molecule has 11 heavy (non-hydrogen) atoms. The largest absolute Gasteiger partial charge is 0.357 e. The second-order valence-corrected chi connectivity index (χ2v) is 3.29. The minimum atomic E-state index is -1.05. The molecule has 0 saturated carbocycles. The fourth-order valence-electron chi connectivity index (χ4n) is 0.899. The third-order valence-corrected chi connectivity index (χ3v) is 1.88. The molecule has 0 aromatic carbocycles. The molecular formula is C8H14ClO2. The molecule has 1 radical (unpaired) electrons. The highest BCUT2D eigenvalue weighted by atomic mass is 35.5. The molecule has 2 nitrogen and oxygen atoms in total. The Kier molecular flexibility index (Phi) is 6.33. The van der Waals surface area contributed by atoms with Gasteiger partial charge in [-0.15, -0.1) is 11.6 Å². The predicted molar refractivity (Wildman–Crippen MR) is 44.1 cm³/mol. The second kappa shape index (κ2) is 6.47. The third-order valence-electron chi connectivity index (χ3n) is 1.51. The van der Waals surface area contributed by atoms with Crippen LogP contribution in [-0.2, 0) is 9.90 Å². The minimum Gasteiger partial charge on any atom is -0.247 e. The van der Waals surface area contributed by atoms with E-state index in [2.05, 4.69) is 6.92 Å². The third kappa shape index (κ3) is 7.66. The summed E-state index contributed by atoms with van der Waals surface area (Å²) in [5, 5.41) is 9.80. The number of rotatable bonds is 6. The number of alkyl halides is 1. The van der Waals surface area contributed by atoms with E-state index in [4.69, 9.17) is 11.6 Å². The van der Waals surface area contributed by atoms with Crippen LogP contribution in [0.15, 0.2) is 0 Å². The van der Waals surface area contributed by atoms with Gasteiger partial charge >= 0.3 is 5.97 Å². The summed E-state index contributed by atoms with van der Waals surface area (Å²) in [6, 6.07) is 0. The van der Waals surface area contributed by atoms with Crippen molar-refractivity contribution in [3.63, 3.8) is 0 Å². The van der Waals surface area contributed by atoms with Gasteiger partial charge in [-0.25, -0.2) is 9.90 Å². The summed E-state index contributed by atoms with van der Waals surface area (Å²) in [4.78, 5) is 10.0. The van der Waals surface area contributed by atoms with Gasteiger partial charge in [0.1, 0.15) is 0 Å². The van der Waals surface area contributed by atoms with Crippen LogP contribution >= 0.6 is 11.6 Å². The molecule has 0 N–H and O–H groups in total. The molecule has 65 valence electrons. The van der Waals surface area contributed by atoms with Crippen LogP contribution in [0.5, 0.6) is 0 Å². The van der Waals surface area contributed by atoms with Crippen LogP contribution in [0, 0.1) is 0 Å².